The summed E-state index contributed by atoms with van der Waals surface area (Å²) in [6.45, 7) is 12.4. The summed E-state index contributed by atoms with van der Waals surface area (Å²) in [7, 11) is 0. The Morgan fingerprint density at radius 1 is 1.25 bits per heavy atom. The number of Topliss-reactive ketones (excluding diaryl/α,β-unsaturated/α-hetero) is 1. The van der Waals surface area contributed by atoms with Crippen LogP contribution in [0.1, 0.15) is 40.0 Å². The number of nitrogens with zero attached hydrogens (tertiary/aromatic N) is 1. The molecule has 16 heavy (non-hydrogen) atoms. The van der Waals surface area contributed by atoms with Crippen molar-refractivity contribution in [2.24, 2.45) is 10.8 Å². The van der Waals surface area contributed by atoms with Gasteiger partial charge in [0.05, 0.1) is 5.41 Å². The van der Waals surface area contributed by atoms with Gasteiger partial charge in [-0.2, -0.15) is 0 Å². The lowest BCUT2D eigenvalue weighted by Gasteiger charge is -2.60. The predicted octanol–water partition coefficient (Wildman–Crippen LogP) is 2.64. The van der Waals surface area contributed by atoms with Gasteiger partial charge in [0.25, 0.3) is 0 Å². The van der Waals surface area contributed by atoms with Crippen molar-refractivity contribution in [1.29, 1.82) is 0 Å². The lowest BCUT2D eigenvalue weighted by molar-refractivity contribution is -0.166. The Morgan fingerprint density at radius 3 is 2.31 bits per heavy atom. The van der Waals surface area contributed by atoms with E-state index < -0.39 is 0 Å². The van der Waals surface area contributed by atoms with Crippen molar-refractivity contribution >= 4 is 5.78 Å². The van der Waals surface area contributed by atoms with Crippen LogP contribution in [0, 0.1) is 10.8 Å². The molecule has 0 radical (unpaired) electrons. The minimum atomic E-state index is -0.319. The van der Waals surface area contributed by atoms with Crippen LogP contribution in [0.15, 0.2) is 12.7 Å². The van der Waals surface area contributed by atoms with Crippen LogP contribution in [0.5, 0.6) is 0 Å². The molecule has 1 saturated carbocycles. The molecule has 2 unspecified atom stereocenters. The molecule has 0 amide bonds. The Hall–Kier alpha value is -0.630. The molecule has 90 valence electrons. The Morgan fingerprint density at radius 2 is 1.81 bits per heavy atom. The third-order valence-corrected chi connectivity index (χ3v) is 4.51. The molecule has 2 heteroatoms. The van der Waals surface area contributed by atoms with Crippen LogP contribution in [0.2, 0.25) is 0 Å². The molecule has 0 N–H and O–H groups in total. The smallest absolute Gasteiger partial charge is 0.151 e. The average molecular weight is 221 g/mol. The van der Waals surface area contributed by atoms with Gasteiger partial charge in [0.2, 0.25) is 0 Å². The van der Waals surface area contributed by atoms with Gasteiger partial charge < -0.3 is 0 Å². The van der Waals surface area contributed by atoms with Gasteiger partial charge in [0, 0.05) is 11.5 Å². The van der Waals surface area contributed by atoms with E-state index in [1.807, 2.05) is 13.0 Å². The van der Waals surface area contributed by atoms with Crippen LogP contribution in [-0.4, -0.2) is 29.8 Å². The summed E-state index contributed by atoms with van der Waals surface area (Å²) in [6, 6.07) is 0.352. The van der Waals surface area contributed by atoms with Gasteiger partial charge >= 0.3 is 0 Å². The summed E-state index contributed by atoms with van der Waals surface area (Å²) in [6.07, 6.45) is 5.74. The van der Waals surface area contributed by atoms with Crippen LogP contribution in [0.25, 0.3) is 0 Å². The van der Waals surface area contributed by atoms with E-state index in [1.54, 1.807) is 0 Å². The van der Waals surface area contributed by atoms with Crippen LogP contribution in [0.3, 0.4) is 0 Å². The Kier molecular flexibility index (Phi) is 2.73. The number of carbonyl (C=O) groups excluding carboxylic acids is 1. The lowest BCUT2D eigenvalue weighted by Crippen LogP contribution is -2.71. The fourth-order valence-electron chi connectivity index (χ4n) is 3.83. The zero-order chi connectivity index (χ0) is 12.0. The van der Waals surface area contributed by atoms with Crippen molar-refractivity contribution in [2.45, 2.75) is 46.1 Å². The summed E-state index contributed by atoms with van der Waals surface area (Å²) in [5.74, 6) is 0.352. The number of piperidine rings is 1. The van der Waals surface area contributed by atoms with E-state index in [9.17, 15) is 4.79 Å². The van der Waals surface area contributed by atoms with Crippen molar-refractivity contribution in [3.63, 3.8) is 0 Å². The fourth-order valence-corrected chi connectivity index (χ4v) is 3.83. The molecule has 2 aliphatic rings. The second-order valence-electron chi connectivity index (χ2n) is 6.04. The summed E-state index contributed by atoms with van der Waals surface area (Å²) < 4.78 is 0. The molecule has 1 aliphatic carbocycles. The first-order chi connectivity index (χ1) is 7.44. The minimum Gasteiger partial charge on any atom is -0.298 e. The van der Waals surface area contributed by atoms with E-state index in [1.165, 1.54) is 19.3 Å². The zero-order valence-corrected chi connectivity index (χ0v) is 10.8. The SMILES string of the molecule is C=CC1(C)C(=O)C(C)(C)C1N1CCCCC1. The standard InChI is InChI=1S/C14H23NO/c1-5-14(4)11(13(2,3)12(14)16)15-9-7-6-8-10-15/h5,11H,1,6-10H2,2-4H3. The molecule has 2 fully saturated rings. The largest absolute Gasteiger partial charge is 0.298 e. The van der Waals surface area contributed by atoms with E-state index >= 15 is 0 Å². The minimum absolute atomic E-state index is 0.194. The molecule has 1 aliphatic heterocycles. The van der Waals surface area contributed by atoms with Crippen LogP contribution in [0.4, 0.5) is 0 Å². The predicted molar refractivity (Wildman–Crippen MR) is 66.3 cm³/mol. The molecular formula is C14H23NO. The molecule has 0 spiro atoms. The van der Waals surface area contributed by atoms with E-state index in [0.717, 1.165) is 13.1 Å². The zero-order valence-electron chi connectivity index (χ0n) is 10.8. The second-order valence-corrected chi connectivity index (χ2v) is 6.04. The van der Waals surface area contributed by atoms with E-state index in [4.69, 9.17) is 0 Å². The lowest BCUT2D eigenvalue weighted by atomic mass is 9.49. The first-order valence-electron chi connectivity index (χ1n) is 6.37. The molecular weight excluding hydrogens is 198 g/mol. The molecule has 2 rings (SSSR count). The third kappa shape index (κ3) is 1.39. The maximum absolute atomic E-state index is 12.2. The number of hydrogen-bond donors (Lipinski definition) is 0. The van der Waals surface area contributed by atoms with Crippen molar-refractivity contribution in [3.05, 3.63) is 12.7 Å². The molecule has 2 atom stereocenters. The number of rotatable bonds is 2. The molecule has 2 nitrogen and oxygen atoms in total. The average Bonchev–Trinajstić information content (AvgIpc) is 2.29. The fraction of sp³-hybridized carbons (Fsp3) is 0.786. The van der Waals surface area contributed by atoms with Crippen molar-refractivity contribution < 1.29 is 4.79 Å². The first-order valence-corrected chi connectivity index (χ1v) is 6.37. The Bertz CT molecular complexity index is 315. The molecule has 0 aromatic carbocycles. The van der Waals surface area contributed by atoms with Gasteiger partial charge in [-0.1, -0.05) is 26.3 Å². The van der Waals surface area contributed by atoms with Crippen LogP contribution < -0.4 is 0 Å². The van der Waals surface area contributed by atoms with Gasteiger partial charge in [-0.25, -0.2) is 0 Å². The summed E-state index contributed by atoms with van der Waals surface area (Å²) in [5, 5.41) is 0. The number of likely N-dealkylation sites (tertiary alicyclic amines) is 1. The first kappa shape index (κ1) is 11.8. The quantitative estimate of drug-likeness (QED) is 0.668. The van der Waals surface area contributed by atoms with Crippen LogP contribution in [-0.2, 0) is 4.79 Å². The highest BCUT2D eigenvalue weighted by Crippen LogP contribution is 2.54. The number of carbonyl (C=O) groups is 1. The molecule has 0 aromatic rings. The maximum Gasteiger partial charge on any atom is 0.151 e. The Labute approximate surface area is 98.7 Å². The van der Waals surface area contributed by atoms with Gasteiger partial charge in [-0.3, -0.25) is 9.69 Å². The van der Waals surface area contributed by atoms with Gasteiger partial charge in [0.1, 0.15) is 0 Å². The van der Waals surface area contributed by atoms with Gasteiger partial charge in [-0.15, -0.1) is 6.58 Å². The normalized spacial score (nSPS) is 39.2. The molecule has 1 heterocycles. The van der Waals surface area contributed by atoms with Gasteiger partial charge in [-0.05, 0) is 32.9 Å². The molecule has 0 bridgehead atoms. The van der Waals surface area contributed by atoms with E-state index in [2.05, 4.69) is 25.3 Å². The third-order valence-electron chi connectivity index (χ3n) is 4.51. The van der Waals surface area contributed by atoms with Crippen molar-refractivity contribution in [2.75, 3.05) is 13.1 Å². The Balaban J connectivity index is 2.23. The summed E-state index contributed by atoms with van der Waals surface area (Å²) in [4.78, 5) is 14.7. The monoisotopic (exact) mass is 221 g/mol. The molecule has 1 saturated heterocycles. The highest BCUT2D eigenvalue weighted by molar-refractivity contribution is 5.99. The maximum atomic E-state index is 12.2. The van der Waals surface area contributed by atoms with Crippen molar-refractivity contribution in [1.82, 2.24) is 4.90 Å². The van der Waals surface area contributed by atoms with E-state index in [-0.39, 0.29) is 10.8 Å². The van der Waals surface area contributed by atoms with Gasteiger partial charge in [0.15, 0.2) is 5.78 Å². The van der Waals surface area contributed by atoms with Crippen LogP contribution >= 0.6 is 0 Å². The summed E-state index contributed by atoms with van der Waals surface area (Å²) in [5.41, 5.74) is -0.513. The summed E-state index contributed by atoms with van der Waals surface area (Å²) >= 11 is 0. The highest BCUT2D eigenvalue weighted by atomic mass is 16.1. The number of ketones is 1. The van der Waals surface area contributed by atoms with E-state index in [0.29, 0.717) is 11.8 Å². The topological polar surface area (TPSA) is 20.3 Å². The van der Waals surface area contributed by atoms with Crippen molar-refractivity contribution in [3.8, 4) is 0 Å². The number of hydrogen-bond acceptors (Lipinski definition) is 2. The second kappa shape index (κ2) is 3.69. The highest BCUT2D eigenvalue weighted by Gasteiger charge is 2.64. The molecule has 0 aromatic heterocycles.